The molecule has 4 rings (SSSR count). The van der Waals surface area contributed by atoms with Gasteiger partial charge < -0.3 is 25.6 Å². The second-order valence-corrected chi connectivity index (χ2v) is 9.68. The highest BCUT2D eigenvalue weighted by Crippen LogP contribution is 2.29. The van der Waals surface area contributed by atoms with E-state index in [9.17, 15) is 0 Å². The van der Waals surface area contributed by atoms with Gasteiger partial charge in [0.05, 0.1) is 12.8 Å². The van der Waals surface area contributed by atoms with Crippen LogP contribution < -0.4 is 25.6 Å². The molecular weight excluding hydrogens is 432 g/mol. The number of hydrogen-bond acceptors (Lipinski definition) is 6. The summed E-state index contributed by atoms with van der Waals surface area (Å²) in [4.78, 5) is 11.9. The van der Waals surface area contributed by atoms with Gasteiger partial charge in [-0.2, -0.15) is 4.98 Å². The zero-order valence-corrected chi connectivity index (χ0v) is 20.8. The average molecular weight is 469 g/mol. The molecule has 1 aromatic carbocycles. The molecule has 0 amide bonds. The molecular formula is C25H36N6OS. The number of rotatable bonds is 7. The van der Waals surface area contributed by atoms with Crippen molar-refractivity contribution in [2.45, 2.75) is 70.0 Å². The van der Waals surface area contributed by atoms with E-state index in [-0.39, 0.29) is 0 Å². The topological polar surface area (TPSA) is 74.3 Å². The summed E-state index contributed by atoms with van der Waals surface area (Å²) in [6, 6.07) is 8.83. The lowest BCUT2D eigenvalue weighted by molar-refractivity contribution is 0.385. The van der Waals surface area contributed by atoms with Crippen molar-refractivity contribution in [2.75, 3.05) is 31.4 Å². The Bertz CT molecular complexity index is 958. The van der Waals surface area contributed by atoms with Gasteiger partial charge in [-0.3, -0.25) is 0 Å². The Morgan fingerprint density at radius 3 is 2.61 bits per heavy atom. The number of aromatic nitrogens is 2. The van der Waals surface area contributed by atoms with Gasteiger partial charge in [0, 0.05) is 38.3 Å². The molecule has 1 heterocycles. The summed E-state index contributed by atoms with van der Waals surface area (Å²) in [5.74, 6) is 2.72. The van der Waals surface area contributed by atoms with E-state index in [1.165, 1.54) is 24.1 Å². The number of thiocarbonyl (C=S) groups is 1. The van der Waals surface area contributed by atoms with Crippen molar-refractivity contribution < 1.29 is 4.74 Å². The number of fused-ring (bicyclic) bond motifs is 1. The van der Waals surface area contributed by atoms with Gasteiger partial charge in [-0.15, -0.1) is 0 Å². The zero-order valence-electron chi connectivity index (χ0n) is 20.0. The number of methoxy groups -OCH3 is 1. The first kappa shape index (κ1) is 23.5. The lowest BCUT2D eigenvalue weighted by atomic mass is 9.91. The Morgan fingerprint density at radius 1 is 1.09 bits per heavy atom. The second kappa shape index (κ2) is 11.0. The lowest BCUT2D eigenvalue weighted by Gasteiger charge is -2.31. The highest BCUT2D eigenvalue weighted by Gasteiger charge is 2.24. The minimum atomic E-state index is 0.398. The summed E-state index contributed by atoms with van der Waals surface area (Å²) in [5.41, 5.74) is 3.71. The van der Waals surface area contributed by atoms with E-state index in [1.54, 1.807) is 7.11 Å². The summed E-state index contributed by atoms with van der Waals surface area (Å²) in [5, 5.41) is 11.1. The fourth-order valence-corrected chi connectivity index (χ4v) is 5.01. The van der Waals surface area contributed by atoms with E-state index < -0.39 is 0 Å². The highest BCUT2D eigenvalue weighted by atomic mass is 32.1. The van der Waals surface area contributed by atoms with Crippen molar-refractivity contribution >= 4 is 29.1 Å². The Morgan fingerprint density at radius 2 is 1.85 bits per heavy atom. The van der Waals surface area contributed by atoms with Crippen LogP contribution in [0.25, 0.3) is 0 Å². The van der Waals surface area contributed by atoms with E-state index in [1.807, 2.05) is 18.2 Å². The normalized spacial score (nSPS) is 19.8. The highest BCUT2D eigenvalue weighted by molar-refractivity contribution is 7.80. The molecule has 0 aliphatic heterocycles. The molecule has 1 aromatic heterocycles. The number of nitrogens with zero attached hydrogens (tertiary/aromatic N) is 3. The lowest BCUT2D eigenvalue weighted by Crippen LogP contribution is -2.44. The van der Waals surface area contributed by atoms with Crippen LogP contribution in [0.15, 0.2) is 24.3 Å². The van der Waals surface area contributed by atoms with Crippen molar-refractivity contribution in [3.63, 3.8) is 0 Å². The van der Waals surface area contributed by atoms with Gasteiger partial charge in [0.1, 0.15) is 11.6 Å². The first-order chi connectivity index (χ1) is 16.0. The minimum absolute atomic E-state index is 0.398. The second-order valence-electron chi connectivity index (χ2n) is 9.27. The first-order valence-electron chi connectivity index (χ1n) is 12.0. The molecule has 0 unspecified atom stereocenters. The van der Waals surface area contributed by atoms with Crippen LogP contribution >= 0.6 is 12.2 Å². The quantitative estimate of drug-likeness (QED) is 0.530. The molecule has 0 saturated heterocycles. The smallest absolute Gasteiger partial charge is 0.225 e. The van der Waals surface area contributed by atoms with Gasteiger partial charge in [0.25, 0.3) is 0 Å². The summed E-state index contributed by atoms with van der Waals surface area (Å²) in [6.07, 6.45) is 8.90. The number of anilines is 2. The van der Waals surface area contributed by atoms with Gasteiger partial charge in [-0.25, -0.2) is 4.98 Å². The number of aryl methyl sites for hydroxylation is 1. The van der Waals surface area contributed by atoms with Crippen LogP contribution in [0.3, 0.4) is 0 Å². The van der Waals surface area contributed by atoms with Crippen LogP contribution in [0.5, 0.6) is 5.75 Å². The summed E-state index contributed by atoms with van der Waals surface area (Å²) >= 11 is 5.53. The molecule has 1 saturated carbocycles. The Balaban J connectivity index is 1.25. The van der Waals surface area contributed by atoms with Crippen LogP contribution in [0, 0.1) is 0 Å². The van der Waals surface area contributed by atoms with Crippen LogP contribution in [0.1, 0.15) is 55.3 Å². The molecule has 2 aromatic rings. The van der Waals surface area contributed by atoms with E-state index in [0.29, 0.717) is 23.7 Å². The minimum Gasteiger partial charge on any atom is -0.497 e. The Labute approximate surface area is 202 Å². The molecule has 0 bridgehead atoms. The molecule has 3 N–H and O–H groups in total. The van der Waals surface area contributed by atoms with Crippen LogP contribution in [-0.4, -0.2) is 48.4 Å². The summed E-state index contributed by atoms with van der Waals surface area (Å²) < 4.78 is 5.29. The molecule has 0 radical (unpaired) electrons. The standard InChI is InChI=1S/C25H36N6OS/c1-31(2)23-21-9-4-5-10-22(21)29-24(30-23)27-18-11-13-19(14-12-18)28-25(33)26-16-17-7-6-8-20(15-17)32-3/h6-8,15,18-19H,4-5,9-14,16H2,1-3H3,(H2,26,28,33)(H,27,29,30)/t18-,19+. The number of benzene rings is 1. The third-order valence-electron chi connectivity index (χ3n) is 6.57. The Hall–Kier alpha value is -2.61. The predicted molar refractivity (Wildman–Crippen MR) is 138 cm³/mol. The molecule has 178 valence electrons. The predicted octanol–water partition coefficient (Wildman–Crippen LogP) is 3.82. The van der Waals surface area contributed by atoms with Gasteiger partial charge in [-0.05, 0) is 81.3 Å². The van der Waals surface area contributed by atoms with Crippen molar-refractivity contribution in [3.05, 3.63) is 41.1 Å². The van der Waals surface area contributed by atoms with E-state index in [0.717, 1.165) is 61.6 Å². The number of nitrogens with one attached hydrogen (secondary N) is 3. The van der Waals surface area contributed by atoms with Crippen molar-refractivity contribution in [3.8, 4) is 5.75 Å². The fraction of sp³-hybridized carbons (Fsp3) is 0.560. The van der Waals surface area contributed by atoms with E-state index in [2.05, 4.69) is 41.0 Å². The third-order valence-corrected chi connectivity index (χ3v) is 6.83. The first-order valence-corrected chi connectivity index (χ1v) is 12.4. The molecule has 7 nitrogen and oxygen atoms in total. The van der Waals surface area contributed by atoms with Crippen LogP contribution in [-0.2, 0) is 19.4 Å². The maximum Gasteiger partial charge on any atom is 0.225 e. The van der Waals surface area contributed by atoms with E-state index in [4.69, 9.17) is 26.9 Å². The molecule has 2 aliphatic rings. The molecule has 8 heteroatoms. The van der Waals surface area contributed by atoms with Crippen LogP contribution in [0.4, 0.5) is 11.8 Å². The van der Waals surface area contributed by atoms with Crippen molar-refractivity contribution in [1.82, 2.24) is 20.6 Å². The molecule has 1 fully saturated rings. The largest absolute Gasteiger partial charge is 0.497 e. The zero-order chi connectivity index (χ0) is 23.2. The SMILES string of the molecule is COc1cccc(CNC(=S)N[C@H]2CC[C@@H](Nc3nc4c(c(N(C)C)n3)CCCC4)CC2)c1. The number of hydrogen-bond donors (Lipinski definition) is 3. The molecule has 0 atom stereocenters. The molecule has 2 aliphatic carbocycles. The molecule has 0 spiro atoms. The van der Waals surface area contributed by atoms with E-state index >= 15 is 0 Å². The summed E-state index contributed by atoms with van der Waals surface area (Å²) in [6.45, 7) is 0.684. The Kier molecular flexibility index (Phi) is 7.85. The van der Waals surface area contributed by atoms with Crippen LogP contribution in [0.2, 0.25) is 0 Å². The summed E-state index contributed by atoms with van der Waals surface area (Å²) in [7, 11) is 5.83. The van der Waals surface area contributed by atoms with Gasteiger partial charge in [0.15, 0.2) is 5.11 Å². The monoisotopic (exact) mass is 468 g/mol. The maximum atomic E-state index is 5.53. The maximum absolute atomic E-state index is 5.53. The fourth-order valence-electron chi connectivity index (χ4n) is 4.77. The van der Waals surface area contributed by atoms with Gasteiger partial charge in [-0.1, -0.05) is 12.1 Å². The third kappa shape index (κ3) is 6.25. The van der Waals surface area contributed by atoms with Gasteiger partial charge in [0.2, 0.25) is 5.95 Å². The van der Waals surface area contributed by atoms with Crippen molar-refractivity contribution in [2.24, 2.45) is 0 Å². The van der Waals surface area contributed by atoms with Gasteiger partial charge >= 0.3 is 0 Å². The molecule has 33 heavy (non-hydrogen) atoms. The van der Waals surface area contributed by atoms with Crippen molar-refractivity contribution in [1.29, 1.82) is 0 Å². The average Bonchev–Trinajstić information content (AvgIpc) is 2.83. The number of ether oxygens (including phenoxy) is 1.